The number of H-pyrrole nitrogens is 1. The SMILES string of the molecule is CNc1nc(NCC2(C(C)C)CC2)c2[nH]cnc2n1. The van der Waals surface area contributed by atoms with Gasteiger partial charge in [-0.25, -0.2) is 4.98 Å². The summed E-state index contributed by atoms with van der Waals surface area (Å²) in [6.45, 7) is 5.54. The van der Waals surface area contributed by atoms with Crippen molar-refractivity contribution in [1.82, 2.24) is 19.9 Å². The molecule has 102 valence electrons. The number of aromatic amines is 1. The Morgan fingerprint density at radius 1 is 1.37 bits per heavy atom. The zero-order valence-electron chi connectivity index (χ0n) is 11.6. The van der Waals surface area contributed by atoms with E-state index < -0.39 is 0 Å². The summed E-state index contributed by atoms with van der Waals surface area (Å²) >= 11 is 0. The fourth-order valence-corrected chi connectivity index (χ4v) is 2.45. The minimum atomic E-state index is 0.442. The Balaban J connectivity index is 1.85. The average molecular weight is 260 g/mol. The van der Waals surface area contributed by atoms with Crippen LogP contribution in [0.2, 0.25) is 0 Å². The molecule has 0 aliphatic heterocycles. The Hall–Kier alpha value is -1.85. The lowest BCUT2D eigenvalue weighted by Gasteiger charge is -2.20. The van der Waals surface area contributed by atoms with E-state index in [-0.39, 0.29) is 0 Å². The Bertz CT molecular complexity index is 584. The fourth-order valence-electron chi connectivity index (χ4n) is 2.45. The normalized spacial score (nSPS) is 16.8. The number of hydrogen-bond acceptors (Lipinski definition) is 5. The zero-order chi connectivity index (χ0) is 13.5. The predicted octanol–water partition coefficient (Wildman–Crippen LogP) is 2.24. The van der Waals surface area contributed by atoms with E-state index in [1.165, 1.54) is 12.8 Å². The smallest absolute Gasteiger partial charge is 0.226 e. The van der Waals surface area contributed by atoms with E-state index in [0.717, 1.165) is 17.9 Å². The average Bonchev–Trinajstić information content (AvgIpc) is 3.06. The summed E-state index contributed by atoms with van der Waals surface area (Å²) in [5, 5.41) is 6.44. The van der Waals surface area contributed by atoms with Crippen LogP contribution in [0.25, 0.3) is 11.2 Å². The number of hydrogen-bond donors (Lipinski definition) is 3. The molecule has 0 bridgehead atoms. The molecule has 3 N–H and O–H groups in total. The summed E-state index contributed by atoms with van der Waals surface area (Å²) in [6.07, 6.45) is 4.25. The molecule has 1 saturated carbocycles. The summed E-state index contributed by atoms with van der Waals surface area (Å²) in [4.78, 5) is 16.1. The molecular weight excluding hydrogens is 240 g/mol. The number of nitrogens with one attached hydrogen (secondary N) is 3. The number of nitrogens with zero attached hydrogens (tertiary/aromatic N) is 3. The van der Waals surface area contributed by atoms with Gasteiger partial charge in [-0.2, -0.15) is 9.97 Å². The number of anilines is 2. The van der Waals surface area contributed by atoms with Crippen LogP contribution in [0.5, 0.6) is 0 Å². The van der Waals surface area contributed by atoms with Crippen molar-refractivity contribution in [1.29, 1.82) is 0 Å². The molecule has 6 heteroatoms. The molecule has 2 aromatic rings. The van der Waals surface area contributed by atoms with Crippen LogP contribution in [-0.4, -0.2) is 33.5 Å². The number of rotatable bonds is 5. The summed E-state index contributed by atoms with van der Waals surface area (Å²) in [6, 6.07) is 0. The molecular formula is C13H20N6. The lowest BCUT2D eigenvalue weighted by atomic mass is 9.92. The quantitative estimate of drug-likeness (QED) is 0.768. The molecule has 1 aliphatic rings. The van der Waals surface area contributed by atoms with Gasteiger partial charge in [0.05, 0.1) is 6.33 Å². The monoisotopic (exact) mass is 260 g/mol. The van der Waals surface area contributed by atoms with E-state index in [2.05, 4.69) is 44.4 Å². The third kappa shape index (κ3) is 2.11. The van der Waals surface area contributed by atoms with Gasteiger partial charge in [-0.15, -0.1) is 0 Å². The molecule has 2 aromatic heterocycles. The molecule has 1 aliphatic carbocycles. The molecule has 3 rings (SSSR count). The maximum atomic E-state index is 4.48. The van der Waals surface area contributed by atoms with Gasteiger partial charge >= 0.3 is 0 Å². The van der Waals surface area contributed by atoms with Crippen molar-refractivity contribution in [2.45, 2.75) is 26.7 Å². The van der Waals surface area contributed by atoms with Crippen molar-refractivity contribution in [2.24, 2.45) is 11.3 Å². The van der Waals surface area contributed by atoms with Gasteiger partial charge < -0.3 is 15.6 Å². The van der Waals surface area contributed by atoms with Gasteiger partial charge in [-0.05, 0) is 24.2 Å². The highest BCUT2D eigenvalue weighted by atomic mass is 15.2. The van der Waals surface area contributed by atoms with Gasteiger partial charge in [-0.3, -0.25) is 0 Å². The Morgan fingerprint density at radius 2 is 2.16 bits per heavy atom. The molecule has 19 heavy (non-hydrogen) atoms. The van der Waals surface area contributed by atoms with E-state index in [4.69, 9.17) is 0 Å². The van der Waals surface area contributed by atoms with Gasteiger partial charge in [0.15, 0.2) is 11.5 Å². The van der Waals surface area contributed by atoms with Crippen LogP contribution in [0.1, 0.15) is 26.7 Å². The molecule has 6 nitrogen and oxygen atoms in total. The highest BCUT2D eigenvalue weighted by Gasteiger charge is 2.45. The van der Waals surface area contributed by atoms with Gasteiger partial charge in [0.25, 0.3) is 0 Å². The fraction of sp³-hybridized carbons (Fsp3) is 0.615. The van der Waals surface area contributed by atoms with Crippen LogP contribution in [-0.2, 0) is 0 Å². The van der Waals surface area contributed by atoms with E-state index in [1.807, 2.05) is 7.05 Å². The lowest BCUT2D eigenvalue weighted by molar-refractivity contribution is 0.380. The predicted molar refractivity (Wildman–Crippen MR) is 76.2 cm³/mol. The molecule has 0 radical (unpaired) electrons. The topological polar surface area (TPSA) is 78.5 Å². The van der Waals surface area contributed by atoms with Gasteiger partial charge in [-0.1, -0.05) is 13.8 Å². The van der Waals surface area contributed by atoms with Crippen LogP contribution in [0.15, 0.2) is 6.33 Å². The molecule has 0 unspecified atom stereocenters. The van der Waals surface area contributed by atoms with Gasteiger partial charge in [0.2, 0.25) is 5.95 Å². The van der Waals surface area contributed by atoms with Crippen molar-refractivity contribution >= 4 is 22.9 Å². The first kappa shape index (κ1) is 12.2. The van der Waals surface area contributed by atoms with Crippen molar-refractivity contribution in [3.05, 3.63) is 6.33 Å². The van der Waals surface area contributed by atoms with Crippen molar-refractivity contribution < 1.29 is 0 Å². The largest absolute Gasteiger partial charge is 0.368 e. The summed E-state index contributed by atoms with van der Waals surface area (Å²) < 4.78 is 0. The second kappa shape index (κ2) is 4.36. The molecule has 1 fully saturated rings. The van der Waals surface area contributed by atoms with E-state index in [0.29, 0.717) is 22.9 Å². The van der Waals surface area contributed by atoms with Crippen LogP contribution >= 0.6 is 0 Å². The first-order valence-corrected chi connectivity index (χ1v) is 6.77. The highest BCUT2D eigenvalue weighted by Crippen LogP contribution is 2.51. The maximum absolute atomic E-state index is 4.48. The van der Waals surface area contributed by atoms with Crippen molar-refractivity contribution in [3.8, 4) is 0 Å². The van der Waals surface area contributed by atoms with Crippen molar-refractivity contribution in [2.75, 3.05) is 24.2 Å². The van der Waals surface area contributed by atoms with E-state index >= 15 is 0 Å². The molecule has 0 spiro atoms. The molecule has 0 aromatic carbocycles. The number of imidazole rings is 1. The first-order chi connectivity index (χ1) is 9.14. The Labute approximate surface area is 112 Å². The van der Waals surface area contributed by atoms with Crippen molar-refractivity contribution in [3.63, 3.8) is 0 Å². The van der Waals surface area contributed by atoms with Crippen LogP contribution < -0.4 is 10.6 Å². The second-order valence-corrected chi connectivity index (χ2v) is 5.62. The maximum Gasteiger partial charge on any atom is 0.226 e. The van der Waals surface area contributed by atoms with Crippen LogP contribution in [0.4, 0.5) is 11.8 Å². The van der Waals surface area contributed by atoms with Gasteiger partial charge in [0.1, 0.15) is 5.52 Å². The van der Waals surface area contributed by atoms with E-state index in [1.54, 1.807) is 6.33 Å². The standard InChI is InChI=1S/C13H20N6/c1-8(2)13(4-5-13)6-15-10-9-11(17-7-16-9)19-12(14-3)18-10/h7-8H,4-6H2,1-3H3,(H3,14,15,16,17,18,19). The number of aromatic nitrogens is 4. The minimum Gasteiger partial charge on any atom is -0.368 e. The zero-order valence-corrected chi connectivity index (χ0v) is 11.6. The van der Waals surface area contributed by atoms with Gasteiger partial charge in [0, 0.05) is 13.6 Å². The summed E-state index contributed by atoms with van der Waals surface area (Å²) in [5.74, 6) is 2.12. The van der Waals surface area contributed by atoms with Crippen LogP contribution in [0, 0.1) is 11.3 Å². The molecule has 0 amide bonds. The highest BCUT2D eigenvalue weighted by molar-refractivity contribution is 5.83. The number of fused-ring (bicyclic) bond motifs is 1. The third-order valence-electron chi connectivity index (χ3n) is 4.23. The Morgan fingerprint density at radius 3 is 2.79 bits per heavy atom. The molecule has 0 saturated heterocycles. The third-order valence-corrected chi connectivity index (χ3v) is 4.23. The molecule has 2 heterocycles. The first-order valence-electron chi connectivity index (χ1n) is 6.77. The van der Waals surface area contributed by atoms with Crippen LogP contribution in [0.3, 0.4) is 0 Å². The minimum absolute atomic E-state index is 0.442. The summed E-state index contributed by atoms with van der Waals surface area (Å²) in [5.41, 5.74) is 2.01. The Kier molecular flexibility index (Phi) is 2.80. The second-order valence-electron chi connectivity index (χ2n) is 5.62. The lowest BCUT2D eigenvalue weighted by Crippen LogP contribution is -2.21. The van der Waals surface area contributed by atoms with E-state index in [9.17, 15) is 0 Å². The summed E-state index contributed by atoms with van der Waals surface area (Å²) in [7, 11) is 1.81. The molecule has 0 atom stereocenters.